The molecule has 4 heterocycles. The Kier molecular flexibility index (Phi) is 10.3. The summed E-state index contributed by atoms with van der Waals surface area (Å²) in [5.74, 6) is -0.0631. The van der Waals surface area contributed by atoms with Crippen molar-refractivity contribution in [3.63, 3.8) is 0 Å². The van der Waals surface area contributed by atoms with E-state index < -0.39 is 11.2 Å². The van der Waals surface area contributed by atoms with E-state index in [0.717, 1.165) is 17.5 Å². The van der Waals surface area contributed by atoms with Gasteiger partial charge in [0.05, 0.1) is 35.0 Å². The van der Waals surface area contributed by atoms with Crippen molar-refractivity contribution in [1.82, 2.24) is 14.8 Å². The summed E-state index contributed by atoms with van der Waals surface area (Å²) >= 11 is 0. The van der Waals surface area contributed by atoms with Gasteiger partial charge < -0.3 is 26.0 Å². The van der Waals surface area contributed by atoms with E-state index in [0.29, 0.717) is 62.8 Å². The zero-order valence-electron chi connectivity index (χ0n) is 29.2. The topological polar surface area (TPSA) is 167 Å². The lowest BCUT2D eigenvalue weighted by molar-refractivity contribution is -0.132. The van der Waals surface area contributed by atoms with Crippen LogP contribution >= 0.6 is 0 Å². The molecule has 6 rings (SSSR count). The minimum Gasteiger partial charge on any atom is -0.475 e. The Balaban J connectivity index is 1.07. The molecule has 3 aliphatic rings. The standard InChI is InChI=1S/C38H44FN9O3/c1-24(2)51-31-11-8-28(20-44-31)35(41)33-29(40)9-10-30(34(33)39)48-19-15-38(37(48)50)14-18-46(22-38)21-32(49)47-16-12-26(13-17-47)25-4-6-27(7-5-25)36(42)45-23-43-3/h4-12,20,23-24,41H,13-19,21-22,40H2,1-3H3,(H2,42,43,45)/t38-/m0/s1. The molecule has 13 heteroatoms. The lowest BCUT2D eigenvalue weighted by Crippen LogP contribution is -2.43. The van der Waals surface area contributed by atoms with Crippen molar-refractivity contribution in [3.05, 3.63) is 88.9 Å². The van der Waals surface area contributed by atoms with Gasteiger partial charge >= 0.3 is 0 Å². The molecule has 0 bridgehead atoms. The fourth-order valence-electron chi connectivity index (χ4n) is 7.05. The number of nitrogen functional groups attached to an aromatic ring is 1. The van der Waals surface area contributed by atoms with E-state index in [2.05, 4.69) is 21.0 Å². The van der Waals surface area contributed by atoms with Gasteiger partial charge in [-0.1, -0.05) is 30.3 Å². The molecule has 2 aromatic carbocycles. The van der Waals surface area contributed by atoms with Crippen LogP contribution in [0.25, 0.3) is 5.57 Å². The molecule has 3 aromatic rings. The van der Waals surface area contributed by atoms with E-state index in [4.69, 9.17) is 21.6 Å². The maximum absolute atomic E-state index is 16.2. The Morgan fingerprint density at radius 2 is 1.84 bits per heavy atom. The maximum atomic E-state index is 16.2. The second kappa shape index (κ2) is 14.8. The number of pyridine rings is 1. The predicted octanol–water partition coefficient (Wildman–Crippen LogP) is 4.11. The number of hydrogen-bond acceptors (Lipinski definition) is 8. The molecule has 266 valence electrons. The average molecular weight is 694 g/mol. The number of likely N-dealkylation sites (tertiary alicyclic amines) is 1. The van der Waals surface area contributed by atoms with Gasteiger partial charge in [-0.2, -0.15) is 0 Å². The number of amides is 2. The summed E-state index contributed by atoms with van der Waals surface area (Å²) in [5, 5.41) is 8.75. The molecule has 1 spiro atoms. The van der Waals surface area contributed by atoms with Gasteiger partial charge in [-0.25, -0.2) is 14.4 Å². The molecular weight excluding hydrogens is 649 g/mol. The second-order valence-electron chi connectivity index (χ2n) is 13.5. The summed E-state index contributed by atoms with van der Waals surface area (Å²) in [7, 11) is 1.64. The molecule has 2 fully saturated rings. The number of carbonyl (C=O) groups excluding carboxylic acids is 2. The first-order valence-corrected chi connectivity index (χ1v) is 17.2. The minimum absolute atomic E-state index is 0.0209. The number of amidine groups is 1. The van der Waals surface area contributed by atoms with Gasteiger partial charge in [0.25, 0.3) is 0 Å². The summed E-state index contributed by atoms with van der Waals surface area (Å²) in [6.07, 6.45) is 6.76. The van der Waals surface area contributed by atoms with Crippen LogP contribution in [0.1, 0.15) is 55.4 Å². The number of ether oxygens (including phenoxy) is 1. The maximum Gasteiger partial charge on any atom is 0.237 e. The highest BCUT2D eigenvalue weighted by atomic mass is 19.1. The van der Waals surface area contributed by atoms with Crippen molar-refractivity contribution in [2.75, 3.05) is 56.9 Å². The van der Waals surface area contributed by atoms with Crippen molar-refractivity contribution >= 4 is 46.6 Å². The first kappa shape index (κ1) is 35.4. The summed E-state index contributed by atoms with van der Waals surface area (Å²) in [4.78, 5) is 44.8. The van der Waals surface area contributed by atoms with Crippen molar-refractivity contribution in [2.24, 2.45) is 21.1 Å². The molecule has 5 N–H and O–H groups in total. The fraction of sp³-hybridized carbons (Fsp3) is 0.368. The smallest absolute Gasteiger partial charge is 0.237 e. The number of nitrogens with one attached hydrogen (secondary N) is 1. The van der Waals surface area contributed by atoms with Crippen molar-refractivity contribution in [3.8, 4) is 5.88 Å². The molecule has 1 aromatic heterocycles. The predicted molar refractivity (Wildman–Crippen MR) is 198 cm³/mol. The van der Waals surface area contributed by atoms with E-state index in [1.807, 2.05) is 47.9 Å². The van der Waals surface area contributed by atoms with Crippen LogP contribution in [0.2, 0.25) is 0 Å². The van der Waals surface area contributed by atoms with Gasteiger partial charge in [0.15, 0.2) is 5.82 Å². The monoisotopic (exact) mass is 693 g/mol. The number of halogens is 1. The highest BCUT2D eigenvalue weighted by Crippen LogP contribution is 2.43. The molecule has 3 aliphatic heterocycles. The van der Waals surface area contributed by atoms with E-state index in [1.54, 1.807) is 19.2 Å². The molecule has 0 unspecified atom stereocenters. The number of nitrogens with zero attached hydrogens (tertiary/aromatic N) is 6. The Hall–Kier alpha value is -5.43. The molecule has 2 amide bonds. The van der Waals surface area contributed by atoms with Crippen molar-refractivity contribution in [1.29, 1.82) is 5.41 Å². The lowest BCUT2D eigenvalue weighted by atomic mass is 9.85. The van der Waals surface area contributed by atoms with Gasteiger partial charge in [-0.05, 0) is 69.0 Å². The van der Waals surface area contributed by atoms with Gasteiger partial charge in [0.1, 0.15) is 12.2 Å². The largest absolute Gasteiger partial charge is 0.475 e. The minimum atomic E-state index is -0.716. The average Bonchev–Trinajstić information content (AvgIpc) is 3.68. The number of nitrogens with two attached hydrogens (primary N) is 2. The molecule has 0 saturated carbocycles. The zero-order chi connectivity index (χ0) is 36.3. The summed E-state index contributed by atoms with van der Waals surface area (Å²) in [6, 6.07) is 14.2. The molecule has 51 heavy (non-hydrogen) atoms. The van der Waals surface area contributed by atoms with Crippen LogP contribution in [-0.4, -0.2) is 96.9 Å². The Bertz CT molecular complexity index is 1910. The van der Waals surface area contributed by atoms with E-state index >= 15 is 4.39 Å². The molecular formula is C38H44FN9O3. The van der Waals surface area contributed by atoms with E-state index in [9.17, 15) is 9.59 Å². The quantitative estimate of drug-likeness (QED) is 0.163. The SMILES string of the molecule is CN=CN=C(N)c1ccc(C2=CCN(C(=O)CN3CC[C@]4(CCN(c5ccc(N)c(C(=N)c6ccc(OC(C)C)nc6)c5F)C4=O)C3)CC2)cc1. The number of carbonyl (C=O) groups is 2. The molecule has 1 atom stereocenters. The number of aromatic nitrogens is 1. The molecule has 2 saturated heterocycles. The van der Waals surface area contributed by atoms with Crippen LogP contribution in [-0.2, 0) is 9.59 Å². The first-order valence-electron chi connectivity index (χ1n) is 17.2. The van der Waals surface area contributed by atoms with Crippen LogP contribution in [0.15, 0.2) is 70.8 Å². The van der Waals surface area contributed by atoms with E-state index in [1.165, 1.54) is 35.1 Å². The van der Waals surface area contributed by atoms with Gasteiger partial charge in [-0.15, -0.1) is 0 Å². The van der Waals surface area contributed by atoms with Crippen LogP contribution in [0, 0.1) is 16.6 Å². The normalized spacial score (nSPS) is 19.8. The van der Waals surface area contributed by atoms with Crippen LogP contribution in [0.3, 0.4) is 0 Å². The van der Waals surface area contributed by atoms with Crippen LogP contribution in [0.4, 0.5) is 15.8 Å². The number of rotatable bonds is 10. The highest BCUT2D eigenvalue weighted by Gasteiger charge is 2.51. The number of benzene rings is 2. The number of hydrogen-bond donors (Lipinski definition) is 3. The van der Waals surface area contributed by atoms with Crippen molar-refractivity contribution < 1.29 is 18.7 Å². The summed E-state index contributed by atoms with van der Waals surface area (Å²) in [5.41, 5.74) is 14.9. The van der Waals surface area contributed by atoms with Crippen molar-refractivity contribution in [2.45, 2.75) is 39.2 Å². The van der Waals surface area contributed by atoms with Crippen LogP contribution in [0.5, 0.6) is 5.88 Å². The van der Waals surface area contributed by atoms with Gasteiger partial charge in [0, 0.05) is 62.3 Å². The third-order valence-corrected chi connectivity index (χ3v) is 9.81. The fourth-order valence-corrected chi connectivity index (χ4v) is 7.05. The lowest BCUT2D eigenvalue weighted by Gasteiger charge is -2.29. The summed E-state index contributed by atoms with van der Waals surface area (Å²) in [6.45, 7) is 6.48. The highest BCUT2D eigenvalue weighted by molar-refractivity contribution is 6.15. The van der Waals surface area contributed by atoms with Gasteiger partial charge in [0.2, 0.25) is 17.7 Å². The Morgan fingerprint density at radius 1 is 1.10 bits per heavy atom. The zero-order valence-corrected chi connectivity index (χ0v) is 29.2. The van der Waals surface area contributed by atoms with Crippen LogP contribution < -0.4 is 21.1 Å². The Morgan fingerprint density at radius 3 is 2.51 bits per heavy atom. The molecule has 12 nitrogen and oxygen atoms in total. The number of aliphatic imine (C=N–C) groups is 2. The first-order chi connectivity index (χ1) is 24.5. The third kappa shape index (κ3) is 7.39. The van der Waals surface area contributed by atoms with E-state index in [-0.39, 0.29) is 47.1 Å². The molecule has 0 radical (unpaired) electrons. The summed E-state index contributed by atoms with van der Waals surface area (Å²) < 4.78 is 21.7. The number of anilines is 2. The Labute approximate surface area is 297 Å². The van der Waals surface area contributed by atoms with Gasteiger partial charge in [-0.3, -0.25) is 24.9 Å². The molecule has 0 aliphatic carbocycles. The third-order valence-electron chi connectivity index (χ3n) is 9.81. The second-order valence-corrected chi connectivity index (χ2v) is 13.5.